The summed E-state index contributed by atoms with van der Waals surface area (Å²) in [5.41, 5.74) is -1.10. The van der Waals surface area contributed by atoms with Gasteiger partial charge in [0.2, 0.25) is 0 Å². The molecule has 5 nitrogen and oxygen atoms in total. The molecule has 28 heavy (non-hydrogen) atoms. The van der Waals surface area contributed by atoms with Gasteiger partial charge in [0, 0.05) is 29.7 Å². The molecule has 0 amide bonds. The number of halogens is 5. The smallest absolute Gasteiger partial charge is 0.416 e. The molecule has 0 spiro atoms. The summed E-state index contributed by atoms with van der Waals surface area (Å²) in [7, 11) is 0. The molecule has 2 rings (SSSR count). The summed E-state index contributed by atoms with van der Waals surface area (Å²) < 4.78 is 43.6. The number of hydrogen-bond acceptors (Lipinski definition) is 5. The van der Waals surface area contributed by atoms with Crippen molar-refractivity contribution in [1.29, 1.82) is 0 Å². The standard InChI is InChI=1S/C17H12Cl2F3NO4S/c18-5-6-28-16(24)8-10-7-12(2-3-14(10)23(25)26)27-15-4-1-11(9-13(15)19)17(20,21)22/h1-4,7,9H,5-6,8H2. The van der Waals surface area contributed by atoms with Crippen LogP contribution in [0.1, 0.15) is 11.1 Å². The molecule has 0 unspecified atom stereocenters. The number of thioether (sulfide) groups is 1. The van der Waals surface area contributed by atoms with Crippen LogP contribution in [0.4, 0.5) is 18.9 Å². The average Bonchev–Trinajstić information content (AvgIpc) is 2.60. The summed E-state index contributed by atoms with van der Waals surface area (Å²) in [6, 6.07) is 6.28. The van der Waals surface area contributed by atoms with Gasteiger partial charge < -0.3 is 4.74 Å². The van der Waals surface area contributed by atoms with Crippen molar-refractivity contribution in [2.45, 2.75) is 12.6 Å². The van der Waals surface area contributed by atoms with E-state index in [1.807, 2.05) is 0 Å². The minimum atomic E-state index is -4.55. The van der Waals surface area contributed by atoms with Gasteiger partial charge >= 0.3 is 6.18 Å². The Morgan fingerprint density at radius 1 is 1.21 bits per heavy atom. The van der Waals surface area contributed by atoms with Crippen LogP contribution in [0.25, 0.3) is 0 Å². The van der Waals surface area contributed by atoms with E-state index in [9.17, 15) is 28.1 Å². The predicted octanol–water partition coefficient (Wildman–Crippen LogP) is 6.10. The maximum Gasteiger partial charge on any atom is 0.416 e. The topological polar surface area (TPSA) is 69.4 Å². The van der Waals surface area contributed by atoms with E-state index in [0.29, 0.717) is 5.75 Å². The summed E-state index contributed by atoms with van der Waals surface area (Å²) in [5.74, 6) is 0.661. The zero-order valence-corrected chi connectivity index (χ0v) is 16.3. The number of alkyl halides is 4. The number of nitro groups is 1. The van der Waals surface area contributed by atoms with Crippen molar-refractivity contribution in [1.82, 2.24) is 0 Å². The molecule has 0 bridgehead atoms. The van der Waals surface area contributed by atoms with Crippen molar-refractivity contribution in [2.75, 3.05) is 11.6 Å². The SMILES string of the molecule is O=C(Cc1cc(Oc2ccc(C(F)(F)F)cc2Cl)ccc1[N+](=O)[O-])SCCCl. The van der Waals surface area contributed by atoms with E-state index in [0.717, 1.165) is 36.0 Å². The Labute approximate surface area is 171 Å². The van der Waals surface area contributed by atoms with Crippen LogP contribution in [-0.2, 0) is 17.4 Å². The van der Waals surface area contributed by atoms with Gasteiger partial charge in [-0.15, -0.1) is 11.6 Å². The normalized spacial score (nSPS) is 11.3. The van der Waals surface area contributed by atoms with Crippen molar-refractivity contribution in [3.8, 4) is 11.5 Å². The number of ether oxygens (including phenoxy) is 1. The second-order valence-electron chi connectivity index (χ2n) is 5.38. The number of carbonyl (C=O) groups is 1. The lowest BCUT2D eigenvalue weighted by molar-refractivity contribution is -0.385. The third-order valence-corrected chi connectivity index (χ3v) is 4.99. The molecule has 0 N–H and O–H groups in total. The van der Waals surface area contributed by atoms with Gasteiger partial charge in [0.05, 0.1) is 15.5 Å². The first-order chi connectivity index (χ1) is 13.1. The molecule has 150 valence electrons. The average molecular weight is 454 g/mol. The number of benzene rings is 2. The van der Waals surface area contributed by atoms with Crippen molar-refractivity contribution < 1.29 is 27.6 Å². The highest BCUT2D eigenvalue weighted by atomic mass is 35.5. The lowest BCUT2D eigenvalue weighted by Gasteiger charge is -2.12. The van der Waals surface area contributed by atoms with Crippen LogP contribution in [0, 0.1) is 10.1 Å². The Bertz CT molecular complexity index is 893. The molecular formula is C17H12Cl2F3NO4S. The molecule has 2 aromatic rings. The molecule has 0 atom stereocenters. The third-order valence-electron chi connectivity index (χ3n) is 3.41. The van der Waals surface area contributed by atoms with Crippen LogP contribution in [0.5, 0.6) is 11.5 Å². The Hall–Kier alpha value is -1.97. The van der Waals surface area contributed by atoms with E-state index >= 15 is 0 Å². The number of hydrogen-bond donors (Lipinski definition) is 0. The van der Waals surface area contributed by atoms with Crippen LogP contribution >= 0.6 is 35.0 Å². The molecule has 11 heteroatoms. The monoisotopic (exact) mass is 453 g/mol. The van der Waals surface area contributed by atoms with E-state index in [1.165, 1.54) is 12.1 Å². The van der Waals surface area contributed by atoms with Gasteiger partial charge in [-0.2, -0.15) is 13.2 Å². The highest BCUT2D eigenvalue weighted by molar-refractivity contribution is 8.13. The summed E-state index contributed by atoms with van der Waals surface area (Å²) >= 11 is 12.3. The maximum atomic E-state index is 12.7. The molecule has 0 saturated heterocycles. The van der Waals surface area contributed by atoms with E-state index in [-0.39, 0.29) is 45.2 Å². The molecule has 0 aliphatic heterocycles. The minimum absolute atomic E-state index is 0.0580. The molecule has 0 saturated carbocycles. The van der Waals surface area contributed by atoms with Crippen molar-refractivity contribution in [3.63, 3.8) is 0 Å². The van der Waals surface area contributed by atoms with Gasteiger partial charge in [-0.05, 0) is 30.3 Å². The zero-order valence-electron chi connectivity index (χ0n) is 14.0. The van der Waals surface area contributed by atoms with Crippen molar-refractivity contribution in [3.05, 3.63) is 62.7 Å². The second-order valence-corrected chi connectivity index (χ2v) is 7.32. The van der Waals surface area contributed by atoms with Crippen LogP contribution in [0.3, 0.4) is 0 Å². The van der Waals surface area contributed by atoms with Crippen LogP contribution in [0.15, 0.2) is 36.4 Å². The molecular weight excluding hydrogens is 442 g/mol. The largest absolute Gasteiger partial charge is 0.456 e. The van der Waals surface area contributed by atoms with Crippen molar-refractivity contribution in [2.24, 2.45) is 0 Å². The predicted molar refractivity (Wildman–Crippen MR) is 102 cm³/mol. The number of carbonyl (C=O) groups excluding carboxylic acids is 1. The summed E-state index contributed by atoms with van der Waals surface area (Å²) in [6.07, 6.45) is -4.78. The number of rotatable bonds is 7. The van der Waals surface area contributed by atoms with E-state index in [4.69, 9.17) is 27.9 Å². The summed E-state index contributed by atoms with van der Waals surface area (Å²) in [6.45, 7) is 0. The molecule has 0 fully saturated rings. The summed E-state index contributed by atoms with van der Waals surface area (Å²) in [4.78, 5) is 22.4. The van der Waals surface area contributed by atoms with Crippen LogP contribution in [0.2, 0.25) is 5.02 Å². The summed E-state index contributed by atoms with van der Waals surface area (Å²) in [5, 5.41) is 10.6. The molecule has 0 aliphatic rings. The van der Waals surface area contributed by atoms with Crippen molar-refractivity contribution >= 4 is 45.8 Å². The minimum Gasteiger partial charge on any atom is -0.456 e. The number of nitro benzene ring substituents is 1. The van der Waals surface area contributed by atoms with Gasteiger partial charge in [0.25, 0.3) is 5.69 Å². The lowest BCUT2D eigenvalue weighted by atomic mass is 10.1. The molecule has 0 aliphatic carbocycles. The lowest BCUT2D eigenvalue weighted by Crippen LogP contribution is -2.05. The first kappa shape index (κ1) is 22.3. The maximum absolute atomic E-state index is 12.7. The van der Waals surface area contributed by atoms with E-state index in [1.54, 1.807) is 0 Å². The second kappa shape index (κ2) is 9.49. The first-order valence-electron chi connectivity index (χ1n) is 7.65. The Kier molecular flexibility index (Phi) is 7.56. The highest BCUT2D eigenvalue weighted by Crippen LogP contribution is 2.37. The molecule has 2 aromatic carbocycles. The fourth-order valence-corrected chi connectivity index (χ4v) is 3.20. The molecule has 0 aromatic heterocycles. The quantitative estimate of drug-likeness (QED) is 0.287. The Morgan fingerprint density at radius 2 is 1.93 bits per heavy atom. The van der Waals surface area contributed by atoms with Gasteiger partial charge in [-0.1, -0.05) is 23.4 Å². The molecule has 0 radical (unpaired) electrons. The van der Waals surface area contributed by atoms with E-state index in [2.05, 4.69) is 0 Å². The van der Waals surface area contributed by atoms with Gasteiger partial charge in [0.1, 0.15) is 11.5 Å². The fraction of sp³-hybridized carbons (Fsp3) is 0.235. The van der Waals surface area contributed by atoms with Crippen LogP contribution in [-0.4, -0.2) is 21.7 Å². The highest BCUT2D eigenvalue weighted by Gasteiger charge is 2.31. The fourth-order valence-electron chi connectivity index (χ4n) is 2.19. The van der Waals surface area contributed by atoms with Crippen LogP contribution < -0.4 is 4.74 Å². The number of nitrogens with zero attached hydrogens (tertiary/aromatic N) is 1. The Morgan fingerprint density at radius 3 is 2.50 bits per heavy atom. The van der Waals surface area contributed by atoms with Gasteiger partial charge in [-0.25, -0.2) is 0 Å². The first-order valence-corrected chi connectivity index (χ1v) is 9.55. The Balaban J connectivity index is 2.28. The van der Waals surface area contributed by atoms with Gasteiger partial charge in [0.15, 0.2) is 5.12 Å². The van der Waals surface area contributed by atoms with Gasteiger partial charge in [-0.3, -0.25) is 14.9 Å². The van der Waals surface area contributed by atoms with E-state index < -0.39 is 16.7 Å². The third kappa shape index (κ3) is 6.02. The zero-order chi connectivity index (χ0) is 20.9. The molecule has 0 heterocycles.